The summed E-state index contributed by atoms with van der Waals surface area (Å²) in [6.07, 6.45) is 0.820. The van der Waals surface area contributed by atoms with Crippen LogP contribution in [0.5, 0.6) is 0 Å². The molecule has 6 heteroatoms. The molecule has 2 N–H and O–H groups in total. The normalized spacial score (nSPS) is 16.9. The van der Waals surface area contributed by atoms with Gasteiger partial charge in [-0.15, -0.1) is 0 Å². The van der Waals surface area contributed by atoms with E-state index in [1.165, 1.54) is 0 Å². The summed E-state index contributed by atoms with van der Waals surface area (Å²) in [5.74, 6) is -1.19. The van der Waals surface area contributed by atoms with Crippen molar-refractivity contribution in [1.82, 2.24) is 5.32 Å². The van der Waals surface area contributed by atoms with E-state index in [1.807, 2.05) is 30.3 Å². The predicted molar refractivity (Wildman–Crippen MR) is 79.2 cm³/mol. The van der Waals surface area contributed by atoms with Crippen LogP contribution in [0.15, 0.2) is 30.3 Å². The van der Waals surface area contributed by atoms with Gasteiger partial charge in [0.2, 0.25) is 5.91 Å². The molecule has 0 unspecified atom stereocenters. The van der Waals surface area contributed by atoms with Gasteiger partial charge < -0.3 is 19.9 Å². The third-order valence-corrected chi connectivity index (χ3v) is 3.87. The third kappa shape index (κ3) is 4.54. The van der Waals surface area contributed by atoms with Crippen molar-refractivity contribution in [3.8, 4) is 0 Å². The molecule has 2 rings (SSSR count). The Balaban J connectivity index is 1.73. The summed E-state index contributed by atoms with van der Waals surface area (Å²) in [6.45, 7) is 1.20. The third-order valence-electron chi connectivity index (χ3n) is 3.87. The van der Waals surface area contributed by atoms with E-state index in [0.717, 1.165) is 5.56 Å². The molecule has 1 aliphatic rings. The molecule has 1 aromatic carbocycles. The average molecular weight is 307 g/mol. The SMILES string of the molecule is O=C(COCc1ccccc1)NCC1(C(=O)O)CCOCC1. The lowest BCUT2D eigenvalue weighted by atomic mass is 9.80. The van der Waals surface area contributed by atoms with Crippen molar-refractivity contribution in [2.75, 3.05) is 26.4 Å². The van der Waals surface area contributed by atoms with Crippen molar-refractivity contribution in [3.63, 3.8) is 0 Å². The molecular weight excluding hydrogens is 286 g/mol. The molecule has 1 aliphatic heterocycles. The van der Waals surface area contributed by atoms with Crippen LogP contribution in [0.25, 0.3) is 0 Å². The van der Waals surface area contributed by atoms with Crippen LogP contribution < -0.4 is 5.32 Å². The van der Waals surface area contributed by atoms with Crippen LogP contribution in [0.1, 0.15) is 18.4 Å². The van der Waals surface area contributed by atoms with Crippen LogP contribution in [0.2, 0.25) is 0 Å². The number of carboxylic acid groups (broad SMARTS) is 1. The van der Waals surface area contributed by atoms with Crippen LogP contribution in [-0.4, -0.2) is 43.3 Å². The Morgan fingerprint density at radius 2 is 1.91 bits per heavy atom. The molecule has 22 heavy (non-hydrogen) atoms. The molecule has 0 saturated carbocycles. The molecule has 6 nitrogen and oxygen atoms in total. The number of carboxylic acids is 1. The fraction of sp³-hybridized carbons (Fsp3) is 0.500. The Bertz CT molecular complexity index is 497. The lowest BCUT2D eigenvalue weighted by molar-refractivity contribution is -0.154. The average Bonchev–Trinajstić information content (AvgIpc) is 2.55. The van der Waals surface area contributed by atoms with E-state index in [1.54, 1.807) is 0 Å². The minimum atomic E-state index is -0.923. The largest absolute Gasteiger partial charge is 0.481 e. The number of benzene rings is 1. The summed E-state index contributed by atoms with van der Waals surface area (Å²) in [5, 5.41) is 12.0. The second-order valence-electron chi connectivity index (χ2n) is 5.45. The minimum absolute atomic E-state index is 0.0822. The van der Waals surface area contributed by atoms with Crippen LogP contribution >= 0.6 is 0 Å². The second-order valence-corrected chi connectivity index (χ2v) is 5.45. The predicted octanol–water partition coefficient (Wildman–Crippen LogP) is 1.20. The van der Waals surface area contributed by atoms with Crippen molar-refractivity contribution in [2.45, 2.75) is 19.4 Å². The molecule has 0 atom stereocenters. The number of hydrogen-bond acceptors (Lipinski definition) is 4. The van der Waals surface area contributed by atoms with Gasteiger partial charge in [-0.25, -0.2) is 0 Å². The van der Waals surface area contributed by atoms with E-state index in [0.29, 0.717) is 32.7 Å². The molecule has 1 aromatic rings. The number of carbonyl (C=O) groups is 2. The van der Waals surface area contributed by atoms with Gasteiger partial charge in [0.25, 0.3) is 0 Å². The molecule has 1 saturated heterocycles. The van der Waals surface area contributed by atoms with Gasteiger partial charge in [-0.2, -0.15) is 0 Å². The van der Waals surface area contributed by atoms with Crippen molar-refractivity contribution in [1.29, 1.82) is 0 Å². The van der Waals surface area contributed by atoms with E-state index in [-0.39, 0.29) is 19.1 Å². The molecule has 1 amide bonds. The Hall–Kier alpha value is -1.92. The Kier molecular flexibility index (Phi) is 5.91. The number of aliphatic carboxylic acids is 1. The topological polar surface area (TPSA) is 84.9 Å². The van der Waals surface area contributed by atoms with Crippen molar-refractivity contribution < 1.29 is 24.2 Å². The molecule has 120 valence electrons. The van der Waals surface area contributed by atoms with Gasteiger partial charge in [0.15, 0.2) is 0 Å². The van der Waals surface area contributed by atoms with Crippen LogP contribution in [-0.2, 0) is 25.7 Å². The second kappa shape index (κ2) is 7.91. The van der Waals surface area contributed by atoms with Gasteiger partial charge in [0.05, 0.1) is 12.0 Å². The zero-order chi connectivity index (χ0) is 15.8. The molecule has 0 bridgehead atoms. The van der Waals surface area contributed by atoms with E-state index < -0.39 is 11.4 Å². The number of rotatable bonds is 7. The highest BCUT2D eigenvalue weighted by Gasteiger charge is 2.40. The number of carbonyl (C=O) groups excluding carboxylic acids is 1. The first kappa shape index (κ1) is 16.5. The summed E-state index contributed by atoms with van der Waals surface area (Å²) in [7, 11) is 0. The zero-order valence-corrected chi connectivity index (χ0v) is 12.4. The maximum Gasteiger partial charge on any atom is 0.311 e. The molecule has 0 spiro atoms. The lowest BCUT2D eigenvalue weighted by Crippen LogP contribution is -2.47. The number of nitrogens with one attached hydrogen (secondary N) is 1. The Morgan fingerprint density at radius 1 is 1.23 bits per heavy atom. The number of ether oxygens (including phenoxy) is 2. The number of amides is 1. The summed E-state index contributed by atoms with van der Waals surface area (Å²) >= 11 is 0. The lowest BCUT2D eigenvalue weighted by Gasteiger charge is -2.33. The maximum atomic E-state index is 11.8. The van der Waals surface area contributed by atoms with Crippen LogP contribution in [0.3, 0.4) is 0 Å². The van der Waals surface area contributed by atoms with E-state index in [2.05, 4.69) is 5.32 Å². The van der Waals surface area contributed by atoms with Crippen LogP contribution in [0.4, 0.5) is 0 Å². The summed E-state index contributed by atoms with van der Waals surface area (Å²) in [5.41, 5.74) is 0.0644. The fourth-order valence-corrected chi connectivity index (χ4v) is 2.38. The molecule has 0 radical (unpaired) electrons. The molecule has 1 fully saturated rings. The summed E-state index contributed by atoms with van der Waals surface area (Å²) in [6, 6.07) is 9.55. The van der Waals surface area contributed by atoms with Gasteiger partial charge in [0.1, 0.15) is 6.61 Å². The highest BCUT2D eigenvalue weighted by Crippen LogP contribution is 2.29. The van der Waals surface area contributed by atoms with Crippen LogP contribution in [0, 0.1) is 5.41 Å². The standard InChI is InChI=1S/C16H21NO5/c18-14(11-22-10-13-4-2-1-3-5-13)17-12-16(15(19)20)6-8-21-9-7-16/h1-5H,6-12H2,(H,17,18)(H,19,20). The van der Waals surface area contributed by atoms with Gasteiger partial charge in [-0.3, -0.25) is 9.59 Å². The summed E-state index contributed by atoms with van der Waals surface area (Å²) < 4.78 is 10.5. The van der Waals surface area contributed by atoms with Gasteiger partial charge in [-0.1, -0.05) is 30.3 Å². The molecular formula is C16H21NO5. The van der Waals surface area contributed by atoms with E-state index >= 15 is 0 Å². The smallest absolute Gasteiger partial charge is 0.311 e. The fourth-order valence-electron chi connectivity index (χ4n) is 2.38. The molecule has 0 aromatic heterocycles. The minimum Gasteiger partial charge on any atom is -0.481 e. The highest BCUT2D eigenvalue weighted by atomic mass is 16.5. The first-order chi connectivity index (χ1) is 10.6. The summed E-state index contributed by atoms with van der Waals surface area (Å²) in [4.78, 5) is 23.2. The highest BCUT2D eigenvalue weighted by molar-refractivity contribution is 5.79. The van der Waals surface area contributed by atoms with Crippen molar-refractivity contribution in [2.24, 2.45) is 5.41 Å². The van der Waals surface area contributed by atoms with Gasteiger partial charge in [0, 0.05) is 19.8 Å². The maximum absolute atomic E-state index is 11.8. The first-order valence-electron chi connectivity index (χ1n) is 7.32. The van der Waals surface area contributed by atoms with E-state index in [9.17, 15) is 14.7 Å². The number of hydrogen-bond donors (Lipinski definition) is 2. The van der Waals surface area contributed by atoms with E-state index in [4.69, 9.17) is 9.47 Å². The van der Waals surface area contributed by atoms with Crippen molar-refractivity contribution >= 4 is 11.9 Å². The monoisotopic (exact) mass is 307 g/mol. The quantitative estimate of drug-likeness (QED) is 0.790. The Morgan fingerprint density at radius 3 is 2.55 bits per heavy atom. The Labute approximate surface area is 129 Å². The molecule has 0 aliphatic carbocycles. The van der Waals surface area contributed by atoms with Crippen molar-refractivity contribution in [3.05, 3.63) is 35.9 Å². The van der Waals surface area contributed by atoms with Gasteiger partial charge in [-0.05, 0) is 18.4 Å². The zero-order valence-electron chi connectivity index (χ0n) is 12.4. The molecule has 1 heterocycles. The first-order valence-corrected chi connectivity index (χ1v) is 7.32. The van der Waals surface area contributed by atoms with Gasteiger partial charge >= 0.3 is 5.97 Å².